The van der Waals surface area contributed by atoms with Crippen LogP contribution < -0.4 is 0 Å². The molecular weight excluding hydrogens is 245 g/mol. The number of carbonyl (C=O) groups excluding carboxylic acids is 1. The second-order valence-corrected chi connectivity index (χ2v) is 4.23. The summed E-state index contributed by atoms with van der Waals surface area (Å²) in [5.41, 5.74) is -2.39. The van der Waals surface area contributed by atoms with Crippen molar-refractivity contribution in [3.63, 3.8) is 0 Å². The predicted molar refractivity (Wildman–Crippen MR) is 51.6 cm³/mol. The number of hydrogen-bond acceptors (Lipinski definition) is 3. The summed E-state index contributed by atoms with van der Waals surface area (Å²) in [5.74, 6) is -3.73. The average molecular weight is 257 g/mol. The molecule has 0 aromatic rings. The minimum Gasteiger partial charge on any atom is -0.394 e. The Kier molecular flexibility index (Phi) is 3.46. The number of nitrogens with zero attached hydrogens (tertiary/aromatic N) is 1. The van der Waals surface area contributed by atoms with Crippen LogP contribution in [0.5, 0.6) is 0 Å². The molecule has 1 aliphatic heterocycles. The first-order chi connectivity index (χ1) is 7.55. The predicted octanol–water partition coefficient (Wildman–Crippen LogP) is -1.20. The van der Waals surface area contributed by atoms with E-state index in [-0.39, 0.29) is 4.90 Å². The topological polar surface area (TPSA) is 60.8 Å². The molecule has 0 aliphatic carbocycles. The van der Waals surface area contributed by atoms with E-state index in [0.717, 1.165) is 14.8 Å². The number of hydrogen-bond donors (Lipinski definition) is 2. The lowest BCUT2D eigenvalue weighted by Gasteiger charge is -2.29. The Labute approximate surface area is 95.6 Å². The molecule has 1 amide bonds. The Balaban J connectivity index is 3.11. The fraction of sp³-hybridized carbons (Fsp3) is 0.875. The zero-order chi connectivity index (χ0) is 13.6. The van der Waals surface area contributed by atoms with Crippen molar-refractivity contribution in [3.05, 3.63) is 0 Å². The van der Waals surface area contributed by atoms with Crippen LogP contribution in [0.3, 0.4) is 0 Å². The molecule has 9 heteroatoms. The van der Waals surface area contributed by atoms with Crippen molar-refractivity contribution < 1.29 is 32.6 Å². The molecule has 1 fully saturated rings. The minimum atomic E-state index is -5.16. The number of alkyl halides is 4. The minimum absolute atomic E-state index is 0.157. The fourth-order valence-electron chi connectivity index (χ4n) is 2.00. The van der Waals surface area contributed by atoms with Gasteiger partial charge >= 0.3 is 12.1 Å². The number of aliphatic hydroxyl groups is 2. The van der Waals surface area contributed by atoms with Crippen LogP contribution in [0.1, 0.15) is 6.92 Å². The van der Waals surface area contributed by atoms with Crippen LogP contribution in [0.2, 0.25) is 0 Å². The molecule has 4 nitrogen and oxygen atoms in total. The highest BCUT2D eigenvalue weighted by molar-refractivity contribution is 6.14. The molecule has 17 heavy (non-hydrogen) atoms. The molecule has 0 unspecified atom stereocenters. The van der Waals surface area contributed by atoms with E-state index in [2.05, 4.69) is 0 Å². The molecule has 1 aliphatic rings. The maximum absolute atomic E-state index is 13.9. The van der Waals surface area contributed by atoms with Gasteiger partial charge < -0.3 is 15.1 Å². The van der Waals surface area contributed by atoms with Crippen molar-refractivity contribution in [2.75, 3.05) is 6.61 Å². The van der Waals surface area contributed by atoms with Crippen LogP contribution in [-0.2, 0) is 4.79 Å². The Morgan fingerprint density at radius 1 is 1.53 bits per heavy atom. The summed E-state index contributed by atoms with van der Waals surface area (Å²) in [7, 11) is 1.06. The third kappa shape index (κ3) is 2.13. The Hall–Kier alpha value is -0.825. The van der Waals surface area contributed by atoms with E-state index >= 15 is 0 Å². The van der Waals surface area contributed by atoms with Crippen molar-refractivity contribution in [3.8, 4) is 0 Å². The van der Waals surface area contributed by atoms with Crippen LogP contribution in [0.25, 0.3) is 0 Å². The SMILES string of the molecule is B[C@@H]1N(C(=O)C(F)(F)F)[C@H](CO)[C@@H](O)[C@@]1(C)F. The molecule has 0 aromatic heterocycles. The molecule has 4 atom stereocenters. The molecule has 0 aromatic carbocycles. The van der Waals surface area contributed by atoms with Crippen molar-refractivity contribution in [1.29, 1.82) is 0 Å². The van der Waals surface area contributed by atoms with E-state index in [1.807, 2.05) is 0 Å². The maximum Gasteiger partial charge on any atom is 0.471 e. The van der Waals surface area contributed by atoms with Crippen molar-refractivity contribution >= 4 is 13.8 Å². The van der Waals surface area contributed by atoms with E-state index in [1.165, 1.54) is 0 Å². The molecule has 2 N–H and O–H groups in total. The second-order valence-electron chi connectivity index (χ2n) is 4.23. The third-order valence-corrected chi connectivity index (χ3v) is 3.20. The number of aliphatic hydroxyl groups excluding tert-OH is 2. The smallest absolute Gasteiger partial charge is 0.394 e. The van der Waals surface area contributed by atoms with Gasteiger partial charge in [-0.2, -0.15) is 13.2 Å². The van der Waals surface area contributed by atoms with Crippen LogP contribution in [0.15, 0.2) is 0 Å². The number of halogens is 4. The van der Waals surface area contributed by atoms with Gasteiger partial charge in [-0.1, -0.05) is 0 Å². The van der Waals surface area contributed by atoms with Gasteiger partial charge in [0.15, 0.2) is 0 Å². The second kappa shape index (κ2) is 4.13. The third-order valence-electron chi connectivity index (χ3n) is 3.20. The molecule has 0 bridgehead atoms. The van der Waals surface area contributed by atoms with Gasteiger partial charge in [0.05, 0.1) is 12.6 Å². The number of carbonyl (C=O) groups is 1. The first kappa shape index (κ1) is 14.2. The molecular formula is C8H12BF4NO3. The van der Waals surface area contributed by atoms with Crippen molar-refractivity contribution in [2.24, 2.45) is 0 Å². The maximum atomic E-state index is 13.9. The van der Waals surface area contributed by atoms with Crippen LogP contribution in [-0.4, -0.2) is 65.4 Å². The quantitative estimate of drug-likeness (QED) is 0.458. The van der Waals surface area contributed by atoms with Gasteiger partial charge in [-0.25, -0.2) is 4.39 Å². The average Bonchev–Trinajstić information content (AvgIpc) is 2.36. The van der Waals surface area contributed by atoms with E-state index in [1.54, 1.807) is 0 Å². The summed E-state index contributed by atoms with van der Waals surface area (Å²) >= 11 is 0. The molecule has 0 spiro atoms. The van der Waals surface area contributed by atoms with Crippen LogP contribution in [0, 0.1) is 0 Å². The van der Waals surface area contributed by atoms with E-state index in [4.69, 9.17) is 5.11 Å². The lowest BCUT2D eigenvalue weighted by molar-refractivity contribution is -0.188. The Morgan fingerprint density at radius 3 is 2.35 bits per heavy atom. The Bertz CT molecular complexity index is 322. The summed E-state index contributed by atoms with van der Waals surface area (Å²) in [6, 6.07) is -1.59. The zero-order valence-electron chi connectivity index (χ0n) is 9.20. The lowest BCUT2D eigenvalue weighted by atomic mass is 9.82. The number of rotatable bonds is 1. The highest BCUT2D eigenvalue weighted by atomic mass is 19.4. The highest BCUT2D eigenvalue weighted by Gasteiger charge is 2.60. The molecule has 98 valence electrons. The fourth-order valence-corrected chi connectivity index (χ4v) is 2.00. The summed E-state index contributed by atoms with van der Waals surface area (Å²) in [5, 5.41) is 18.4. The molecule has 1 saturated heterocycles. The highest BCUT2D eigenvalue weighted by Crippen LogP contribution is 2.37. The molecule has 0 radical (unpaired) electrons. The Morgan fingerprint density at radius 2 is 2.00 bits per heavy atom. The van der Waals surface area contributed by atoms with Gasteiger partial charge in [-0.3, -0.25) is 4.79 Å². The normalized spacial score (nSPS) is 38.5. The summed E-state index contributed by atoms with van der Waals surface area (Å²) in [6.07, 6.45) is -7.02. The zero-order valence-corrected chi connectivity index (χ0v) is 9.20. The molecule has 1 rings (SSSR count). The van der Waals surface area contributed by atoms with Gasteiger partial charge in [-0.15, -0.1) is 0 Å². The van der Waals surface area contributed by atoms with Crippen molar-refractivity contribution in [1.82, 2.24) is 4.90 Å². The number of amides is 1. The molecule has 0 saturated carbocycles. The summed E-state index contributed by atoms with van der Waals surface area (Å²) in [4.78, 5) is 11.2. The van der Waals surface area contributed by atoms with Gasteiger partial charge in [0.2, 0.25) is 0 Å². The first-order valence-electron chi connectivity index (χ1n) is 4.92. The largest absolute Gasteiger partial charge is 0.471 e. The van der Waals surface area contributed by atoms with E-state index in [0.29, 0.717) is 0 Å². The van der Waals surface area contributed by atoms with Gasteiger partial charge in [0.25, 0.3) is 0 Å². The molecule has 1 heterocycles. The first-order valence-corrected chi connectivity index (χ1v) is 4.92. The van der Waals surface area contributed by atoms with E-state index in [9.17, 15) is 27.5 Å². The lowest BCUT2D eigenvalue weighted by Crippen LogP contribution is -2.51. The summed E-state index contributed by atoms with van der Waals surface area (Å²) in [6.45, 7) is -0.0402. The standard InChI is InChI=1S/C8H12BF4NO3/c1-7(10)4(16)3(2-15)14(5(7)9)6(17)8(11,12)13/h3-5,15-16H,2,9H2,1H3/t3-,4-,5-,7-/m1/s1. The van der Waals surface area contributed by atoms with Gasteiger partial charge in [0, 0.05) is 5.94 Å². The van der Waals surface area contributed by atoms with Gasteiger partial charge in [-0.05, 0) is 6.92 Å². The van der Waals surface area contributed by atoms with Crippen LogP contribution in [0.4, 0.5) is 17.6 Å². The van der Waals surface area contributed by atoms with Gasteiger partial charge in [0.1, 0.15) is 19.6 Å². The summed E-state index contributed by atoms with van der Waals surface area (Å²) < 4.78 is 50.8. The number of likely N-dealkylation sites (tertiary alicyclic amines) is 1. The monoisotopic (exact) mass is 257 g/mol. The van der Waals surface area contributed by atoms with Crippen LogP contribution >= 0.6 is 0 Å². The van der Waals surface area contributed by atoms with E-state index < -0.39 is 42.4 Å². The van der Waals surface area contributed by atoms with Crippen molar-refractivity contribution in [2.45, 2.75) is 36.9 Å².